The summed E-state index contributed by atoms with van der Waals surface area (Å²) in [6.07, 6.45) is -1.07. The van der Waals surface area contributed by atoms with Crippen molar-refractivity contribution in [3.8, 4) is 0 Å². The summed E-state index contributed by atoms with van der Waals surface area (Å²) in [5, 5.41) is 2.87. The number of halogens is 4. The number of nitrogens with zero attached hydrogens (tertiary/aromatic N) is 2. The van der Waals surface area contributed by atoms with Gasteiger partial charge in [-0.05, 0) is 40.3 Å². The molecule has 2 aromatic rings. The van der Waals surface area contributed by atoms with Gasteiger partial charge in [-0.15, -0.1) is 0 Å². The van der Waals surface area contributed by atoms with Crippen LogP contribution in [0.4, 0.5) is 19.1 Å². The molecule has 0 radical (unpaired) electrons. The van der Waals surface area contributed by atoms with Crippen molar-refractivity contribution < 1.29 is 13.2 Å². The standard InChI is InChI=1S/C12H9F3IN3/c13-12(14,15)9-3-1-2-8(4-9)5-17-11-18-6-10(16)7-19-11/h1-4,6-7H,5H2,(H,17,18,19). The summed E-state index contributed by atoms with van der Waals surface area (Å²) in [5.74, 6) is 0.387. The van der Waals surface area contributed by atoms with Crippen molar-refractivity contribution in [2.24, 2.45) is 0 Å². The fraction of sp³-hybridized carbons (Fsp3) is 0.167. The average molecular weight is 379 g/mol. The maximum atomic E-state index is 12.5. The van der Waals surface area contributed by atoms with Crippen LogP contribution in [0.2, 0.25) is 0 Å². The monoisotopic (exact) mass is 379 g/mol. The van der Waals surface area contributed by atoms with Crippen molar-refractivity contribution in [1.29, 1.82) is 0 Å². The van der Waals surface area contributed by atoms with E-state index in [9.17, 15) is 13.2 Å². The summed E-state index contributed by atoms with van der Waals surface area (Å²) in [6.45, 7) is 0.241. The number of alkyl halides is 3. The predicted octanol–water partition coefficient (Wildman–Crippen LogP) is 3.71. The predicted molar refractivity (Wildman–Crippen MR) is 73.5 cm³/mol. The van der Waals surface area contributed by atoms with Gasteiger partial charge in [0.15, 0.2) is 0 Å². The highest BCUT2D eigenvalue weighted by atomic mass is 127. The van der Waals surface area contributed by atoms with Gasteiger partial charge in [0.25, 0.3) is 0 Å². The molecule has 0 aliphatic rings. The molecule has 2 rings (SSSR count). The molecule has 1 heterocycles. The first-order chi connectivity index (χ1) is 8.95. The highest BCUT2D eigenvalue weighted by Crippen LogP contribution is 2.29. The molecule has 0 bridgehead atoms. The fourth-order valence-corrected chi connectivity index (χ4v) is 1.72. The Balaban J connectivity index is 2.05. The molecule has 0 fully saturated rings. The minimum Gasteiger partial charge on any atom is -0.350 e. The van der Waals surface area contributed by atoms with Crippen molar-refractivity contribution in [2.75, 3.05) is 5.32 Å². The highest BCUT2D eigenvalue weighted by Gasteiger charge is 2.30. The molecule has 1 aromatic carbocycles. The maximum absolute atomic E-state index is 12.5. The Morgan fingerprint density at radius 1 is 1.16 bits per heavy atom. The summed E-state index contributed by atoms with van der Waals surface area (Å²) >= 11 is 2.07. The Morgan fingerprint density at radius 3 is 2.47 bits per heavy atom. The number of hydrogen-bond donors (Lipinski definition) is 1. The lowest BCUT2D eigenvalue weighted by Crippen LogP contribution is -2.07. The number of aromatic nitrogens is 2. The molecule has 3 nitrogen and oxygen atoms in total. The summed E-state index contributed by atoms with van der Waals surface area (Å²) < 4.78 is 38.5. The third kappa shape index (κ3) is 4.05. The minimum absolute atomic E-state index is 0.241. The lowest BCUT2D eigenvalue weighted by molar-refractivity contribution is -0.137. The summed E-state index contributed by atoms with van der Waals surface area (Å²) in [4.78, 5) is 8.03. The molecule has 100 valence electrons. The van der Waals surface area contributed by atoms with Crippen LogP contribution < -0.4 is 5.32 Å². The Hall–Kier alpha value is -1.38. The van der Waals surface area contributed by atoms with Crippen LogP contribution >= 0.6 is 22.6 Å². The first-order valence-corrected chi connectivity index (χ1v) is 6.40. The van der Waals surface area contributed by atoms with Crippen LogP contribution in [-0.4, -0.2) is 9.97 Å². The van der Waals surface area contributed by atoms with Crippen LogP contribution in [-0.2, 0) is 12.7 Å². The topological polar surface area (TPSA) is 37.8 Å². The number of hydrogen-bond acceptors (Lipinski definition) is 3. The van der Waals surface area contributed by atoms with Crippen LogP contribution in [0.1, 0.15) is 11.1 Å². The van der Waals surface area contributed by atoms with Crippen LogP contribution in [0.15, 0.2) is 36.7 Å². The molecule has 0 saturated carbocycles. The van der Waals surface area contributed by atoms with Crippen LogP contribution in [0.3, 0.4) is 0 Å². The van der Waals surface area contributed by atoms with E-state index < -0.39 is 11.7 Å². The minimum atomic E-state index is -4.32. The Morgan fingerprint density at radius 2 is 1.84 bits per heavy atom. The molecule has 0 spiro atoms. The van der Waals surface area contributed by atoms with Crippen LogP contribution in [0, 0.1) is 3.57 Å². The van der Waals surface area contributed by atoms with Gasteiger partial charge in [-0.2, -0.15) is 13.2 Å². The van der Waals surface area contributed by atoms with Crippen molar-refractivity contribution in [1.82, 2.24) is 9.97 Å². The molecule has 0 unspecified atom stereocenters. The average Bonchev–Trinajstić information content (AvgIpc) is 2.37. The Labute approximate surface area is 121 Å². The van der Waals surface area contributed by atoms with E-state index in [0.717, 1.165) is 15.7 Å². The van der Waals surface area contributed by atoms with E-state index in [1.165, 1.54) is 6.07 Å². The second kappa shape index (κ2) is 5.72. The third-order valence-electron chi connectivity index (χ3n) is 2.33. The van der Waals surface area contributed by atoms with Gasteiger partial charge in [0.1, 0.15) is 0 Å². The molecule has 7 heteroatoms. The van der Waals surface area contributed by atoms with E-state index >= 15 is 0 Å². The van der Waals surface area contributed by atoms with Crippen LogP contribution in [0.5, 0.6) is 0 Å². The summed E-state index contributed by atoms with van der Waals surface area (Å²) in [6, 6.07) is 5.16. The molecular formula is C12H9F3IN3. The summed E-state index contributed by atoms with van der Waals surface area (Å²) in [5.41, 5.74) is -0.132. The third-order valence-corrected chi connectivity index (χ3v) is 2.88. The van der Waals surface area contributed by atoms with Gasteiger partial charge in [-0.25, -0.2) is 9.97 Å². The van der Waals surface area contributed by atoms with Gasteiger partial charge in [0.2, 0.25) is 5.95 Å². The van der Waals surface area contributed by atoms with Gasteiger partial charge >= 0.3 is 6.18 Å². The lowest BCUT2D eigenvalue weighted by atomic mass is 10.1. The smallest absolute Gasteiger partial charge is 0.350 e. The number of benzene rings is 1. The molecule has 1 N–H and O–H groups in total. The van der Waals surface area contributed by atoms with E-state index in [0.29, 0.717) is 11.5 Å². The number of rotatable bonds is 3. The maximum Gasteiger partial charge on any atom is 0.416 e. The lowest BCUT2D eigenvalue weighted by Gasteiger charge is -2.09. The van der Waals surface area contributed by atoms with Gasteiger partial charge < -0.3 is 5.32 Å². The highest BCUT2D eigenvalue weighted by molar-refractivity contribution is 14.1. The first-order valence-electron chi connectivity index (χ1n) is 5.33. The Kier molecular flexibility index (Phi) is 4.23. The molecule has 19 heavy (non-hydrogen) atoms. The summed E-state index contributed by atoms with van der Waals surface area (Å²) in [7, 11) is 0. The zero-order valence-electron chi connectivity index (χ0n) is 9.58. The van der Waals surface area contributed by atoms with E-state index in [1.807, 2.05) is 0 Å². The molecule has 0 saturated heterocycles. The quantitative estimate of drug-likeness (QED) is 0.827. The van der Waals surface area contributed by atoms with E-state index in [1.54, 1.807) is 18.5 Å². The zero-order valence-corrected chi connectivity index (χ0v) is 11.7. The van der Waals surface area contributed by atoms with E-state index in [4.69, 9.17) is 0 Å². The molecule has 0 aliphatic carbocycles. The van der Waals surface area contributed by atoms with Crippen molar-refractivity contribution in [2.45, 2.75) is 12.7 Å². The largest absolute Gasteiger partial charge is 0.416 e. The number of anilines is 1. The van der Waals surface area contributed by atoms with E-state index in [2.05, 4.69) is 37.9 Å². The second-order valence-corrected chi connectivity index (χ2v) is 5.02. The second-order valence-electron chi connectivity index (χ2n) is 3.78. The molecule has 0 atom stereocenters. The fourth-order valence-electron chi connectivity index (χ4n) is 1.44. The van der Waals surface area contributed by atoms with Crippen molar-refractivity contribution in [3.63, 3.8) is 0 Å². The van der Waals surface area contributed by atoms with Crippen molar-refractivity contribution >= 4 is 28.5 Å². The molecular weight excluding hydrogens is 370 g/mol. The first kappa shape index (κ1) is 14.0. The van der Waals surface area contributed by atoms with Gasteiger partial charge in [-0.3, -0.25) is 0 Å². The van der Waals surface area contributed by atoms with Gasteiger partial charge in [-0.1, -0.05) is 12.1 Å². The molecule has 0 aliphatic heterocycles. The zero-order chi connectivity index (χ0) is 13.9. The van der Waals surface area contributed by atoms with Gasteiger partial charge in [0.05, 0.1) is 5.56 Å². The van der Waals surface area contributed by atoms with E-state index in [-0.39, 0.29) is 6.54 Å². The van der Waals surface area contributed by atoms with Gasteiger partial charge in [0, 0.05) is 22.5 Å². The van der Waals surface area contributed by atoms with Crippen LogP contribution in [0.25, 0.3) is 0 Å². The van der Waals surface area contributed by atoms with Crippen molar-refractivity contribution in [3.05, 3.63) is 51.4 Å². The normalized spacial score (nSPS) is 11.4. The molecule has 1 aromatic heterocycles. The molecule has 0 amide bonds. The Bertz CT molecular complexity index is 555. The SMILES string of the molecule is FC(F)(F)c1cccc(CNc2ncc(I)cn2)c1. The number of nitrogens with one attached hydrogen (secondary N) is 1.